The molecule has 19 heavy (non-hydrogen) atoms. The van der Waals surface area contributed by atoms with E-state index in [1.165, 1.54) is 0 Å². The maximum atomic E-state index is 12.8. The van der Waals surface area contributed by atoms with Crippen molar-refractivity contribution in [3.05, 3.63) is 23.5 Å². The third kappa shape index (κ3) is 3.73. The predicted molar refractivity (Wildman–Crippen MR) is 57.6 cm³/mol. The molecular formula is C11H12F3NO4. The van der Waals surface area contributed by atoms with Crippen molar-refractivity contribution < 1.29 is 32.6 Å². The lowest BCUT2D eigenvalue weighted by atomic mass is 10.2. The number of carbonyl (C=O) groups excluding carboxylic acids is 1. The van der Waals surface area contributed by atoms with Crippen LogP contribution in [-0.2, 0) is 22.3 Å². The zero-order valence-corrected chi connectivity index (χ0v) is 10.2. The topological polar surface area (TPSA) is 68.5 Å². The van der Waals surface area contributed by atoms with Gasteiger partial charge in [-0.3, -0.25) is 4.79 Å². The molecule has 1 aromatic rings. The monoisotopic (exact) mass is 279 g/mol. The number of alkyl halides is 3. The van der Waals surface area contributed by atoms with E-state index >= 15 is 0 Å². The van der Waals surface area contributed by atoms with Crippen molar-refractivity contribution in [3.63, 3.8) is 0 Å². The molecule has 0 aromatic carbocycles. The van der Waals surface area contributed by atoms with E-state index in [0.29, 0.717) is 4.57 Å². The van der Waals surface area contributed by atoms with Gasteiger partial charge in [0.2, 0.25) is 0 Å². The molecule has 0 fully saturated rings. The lowest BCUT2D eigenvalue weighted by molar-refractivity contribution is -0.151. The number of aromatic nitrogens is 1. The minimum absolute atomic E-state index is 0.462. The summed E-state index contributed by atoms with van der Waals surface area (Å²) in [6.07, 6.45) is -4.43. The van der Waals surface area contributed by atoms with E-state index in [1.54, 1.807) is 13.8 Å². The van der Waals surface area contributed by atoms with Gasteiger partial charge >= 0.3 is 18.1 Å². The summed E-state index contributed by atoms with van der Waals surface area (Å²) in [5.41, 5.74) is -2.27. The number of nitrogens with zero attached hydrogens (tertiary/aromatic N) is 1. The lowest BCUT2D eigenvalue weighted by Gasteiger charge is -2.13. The van der Waals surface area contributed by atoms with Crippen molar-refractivity contribution in [2.45, 2.75) is 32.7 Å². The first-order valence-corrected chi connectivity index (χ1v) is 5.32. The highest BCUT2D eigenvalue weighted by Gasteiger charge is 2.39. The van der Waals surface area contributed by atoms with Crippen molar-refractivity contribution in [1.29, 1.82) is 0 Å². The molecule has 106 valence electrons. The SMILES string of the molecule is CC(C)OC(=O)Cn1ccc(C(=O)O)c1C(F)(F)F. The zero-order chi connectivity index (χ0) is 14.8. The first-order valence-electron chi connectivity index (χ1n) is 5.32. The molecule has 1 N–H and O–H groups in total. The molecule has 0 unspecified atom stereocenters. The van der Waals surface area contributed by atoms with Crippen LogP contribution in [0.3, 0.4) is 0 Å². The molecule has 0 radical (unpaired) electrons. The van der Waals surface area contributed by atoms with E-state index in [0.717, 1.165) is 12.3 Å². The number of aromatic carboxylic acids is 1. The molecule has 8 heteroatoms. The van der Waals surface area contributed by atoms with Gasteiger partial charge in [0.05, 0.1) is 11.7 Å². The maximum absolute atomic E-state index is 12.8. The van der Waals surface area contributed by atoms with Crippen molar-refractivity contribution in [2.24, 2.45) is 0 Å². The molecule has 0 saturated carbocycles. The van der Waals surface area contributed by atoms with Crippen molar-refractivity contribution >= 4 is 11.9 Å². The number of hydrogen-bond donors (Lipinski definition) is 1. The Bertz CT molecular complexity index is 491. The third-order valence-electron chi connectivity index (χ3n) is 2.13. The van der Waals surface area contributed by atoms with Crippen molar-refractivity contribution in [3.8, 4) is 0 Å². The fraction of sp³-hybridized carbons (Fsp3) is 0.455. The van der Waals surface area contributed by atoms with E-state index in [1.807, 2.05) is 0 Å². The number of esters is 1. The van der Waals surface area contributed by atoms with E-state index in [-0.39, 0.29) is 0 Å². The number of carbonyl (C=O) groups is 2. The molecule has 1 heterocycles. The fourth-order valence-electron chi connectivity index (χ4n) is 1.53. The quantitative estimate of drug-likeness (QED) is 0.857. The number of carboxylic acid groups (broad SMARTS) is 1. The molecule has 0 bridgehead atoms. The number of ether oxygens (including phenoxy) is 1. The van der Waals surface area contributed by atoms with E-state index in [2.05, 4.69) is 0 Å². The minimum Gasteiger partial charge on any atom is -0.478 e. The minimum atomic E-state index is -4.87. The Labute approximate surface area is 106 Å². The molecule has 1 rings (SSSR count). The molecule has 0 spiro atoms. The standard InChI is InChI=1S/C11H12F3NO4/c1-6(2)19-8(16)5-15-4-3-7(10(17)18)9(15)11(12,13)14/h3-4,6H,5H2,1-2H3,(H,17,18). The molecular weight excluding hydrogens is 267 g/mol. The number of carboxylic acids is 1. The van der Waals surface area contributed by atoms with Crippen LogP contribution in [0.4, 0.5) is 13.2 Å². The van der Waals surface area contributed by atoms with Gasteiger partial charge in [-0.25, -0.2) is 4.79 Å². The molecule has 1 aromatic heterocycles. The van der Waals surface area contributed by atoms with Gasteiger partial charge in [0, 0.05) is 6.20 Å². The van der Waals surface area contributed by atoms with Crippen molar-refractivity contribution in [1.82, 2.24) is 4.57 Å². The summed E-state index contributed by atoms with van der Waals surface area (Å²) < 4.78 is 43.6. The summed E-state index contributed by atoms with van der Waals surface area (Å²) in [7, 11) is 0. The predicted octanol–water partition coefficient (Wildman–Crippen LogP) is 2.16. The number of halogens is 3. The van der Waals surface area contributed by atoms with Crippen LogP contribution in [-0.4, -0.2) is 27.7 Å². The largest absolute Gasteiger partial charge is 0.478 e. The third-order valence-corrected chi connectivity index (χ3v) is 2.13. The molecule has 0 aliphatic rings. The molecule has 0 aliphatic carbocycles. The first kappa shape index (κ1) is 15.1. The molecule has 0 saturated heterocycles. The highest BCUT2D eigenvalue weighted by atomic mass is 19.4. The Morgan fingerprint density at radius 1 is 1.42 bits per heavy atom. The summed E-state index contributed by atoms with van der Waals surface area (Å²) >= 11 is 0. The van der Waals surface area contributed by atoms with E-state index < -0.39 is 42.0 Å². The van der Waals surface area contributed by atoms with Crippen LogP contribution in [0.2, 0.25) is 0 Å². The van der Waals surface area contributed by atoms with Gasteiger partial charge in [0.25, 0.3) is 0 Å². The van der Waals surface area contributed by atoms with Crippen LogP contribution in [0, 0.1) is 0 Å². The maximum Gasteiger partial charge on any atom is 0.432 e. The second-order valence-electron chi connectivity index (χ2n) is 4.05. The van der Waals surface area contributed by atoms with Gasteiger partial charge < -0.3 is 14.4 Å². The normalized spacial score (nSPS) is 11.7. The Morgan fingerprint density at radius 3 is 2.42 bits per heavy atom. The van der Waals surface area contributed by atoms with Gasteiger partial charge in [0.1, 0.15) is 12.2 Å². The second-order valence-corrected chi connectivity index (χ2v) is 4.05. The Hall–Kier alpha value is -1.99. The average molecular weight is 279 g/mol. The smallest absolute Gasteiger partial charge is 0.432 e. The fourth-order valence-corrected chi connectivity index (χ4v) is 1.53. The summed E-state index contributed by atoms with van der Waals surface area (Å²) in [4.78, 5) is 22.0. The van der Waals surface area contributed by atoms with Gasteiger partial charge in [-0.05, 0) is 19.9 Å². The lowest BCUT2D eigenvalue weighted by Crippen LogP contribution is -2.23. The highest BCUT2D eigenvalue weighted by molar-refractivity contribution is 5.89. The van der Waals surface area contributed by atoms with Gasteiger partial charge in [-0.15, -0.1) is 0 Å². The van der Waals surface area contributed by atoms with Crippen LogP contribution in [0.5, 0.6) is 0 Å². The number of hydrogen-bond acceptors (Lipinski definition) is 3. The second kappa shape index (κ2) is 5.33. The van der Waals surface area contributed by atoms with Gasteiger partial charge in [0.15, 0.2) is 0 Å². The van der Waals surface area contributed by atoms with Crippen LogP contribution < -0.4 is 0 Å². The summed E-state index contributed by atoms with van der Waals surface area (Å²) in [6.45, 7) is 2.42. The first-order chi connectivity index (χ1) is 8.62. The van der Waals surface area contributed by atoms with Crippen LogP contribution >= 0.6 is 0 Å². The number of rotatable bonds is 4. The summed E-state index contributed by atoms with van der Waals surface area (Å²) in [5.74, 6) is -2.57. The molecule has 5 nitrogen and oxygen atoms in total. The zero-order valence-electron chi connectivity index (χ0n) is 10.2. The Kier molecular flexibility index (Phi) is 4.23. The van der Waals surface area contributed by atoms with Gasteiger partial charge in [-0.1, -0.05) is 0 Å². The summed E-state index contributed by atoms with van der Waals surface area (Å²) in [6, 6.07) is 0.799. The Balaban J connectivity index is 3.09. The molecule has 0 amide bonds. The van der Waals surface area contributed by atoms with Crippen molar-refractivity contribution in [2.75, 3.05) is 0 Å². The van der Waals surface area contributed by atoms with Crippen LogP contribution in [0.1, 0.15) is 29.9 Å². The molecule has 0 aliphatic heterocycles. The molecule has 0 atom stereocenters. The van der Waals surface area contributed by atoms with E-state index in [4.69, 9.17) is 9.84 Å². The summed E-state index contributed by atoms with van der Waals surface area (Å²) in [5, 5.41) is 8.69. The van der Waals surface area contributed by atoms with E-state index in [9.17, 15) is 22.8 Å². The average Bonchev–Trinajstić information content (AvgIpc) is 2.58. The Morgan fingerprint density at radius 2 is 2.00 bits per heavy atom. The highest BCUT2D eigenvalue weighted by Crippen LogP contribution is 2.32. The van der Waals surface area contributed by atoms with Crippen LogP contribution in [0.15, 0.2) is 12.3 Å². The van der Waals surface area contributed by atoms with Gasteiger partial charge in [-0.2, -0.15) is 13.2 Å². The van der Waals surface area contributed by atoms with Crippen LogP contribution in [0.25, 0.3) is 0 Å².